The average Bonchev–Trinajstić information content (AvgIpc) is 2.97. The molecule has 0 bridgehead atoms. The molecule has 0 spiro atoms. The molecule has 23 heavy (non-hydrogen) atoms. The molecule has 0 radical (unpaired) electrons. The van der Waals surface area contributed by atoms with Crippen LogP contribution in [-0.4, -0.2) is 28.6 Å². The first kappa shape index (κ1) is 15.6. The third-order valence-electron chi connectivity index (χ3n) is 3.35. The van der Waals surface area contributed by atoms with Gasteiger partial charge in [-0.3, -0.25) is 4.79 Å². The maximum Gasteiger partial charge on any atom is 0.257 e. The lowest BCUT2D eigenvalue weighted by atomic mass is 10.2. The number of rotatable bonds is 5. The van der Waals surface area contributed by atoms with E-state index in [-0.39, 0.29) is 17.5 Å². The zero-order valence-electron chi connectivity index (χ0n) is 12.5. The van der Waals surface area contributed by atoms with Gasteiger partial charge >= 0.3 is 0 Å². The predicted octanol–water partition coefficient (Wildman–Crippen LogP) is 3.72. The molecule has 0 fully saturated rings. The fraction of sp³-hybridized carbons (Fsp3) is 0.176. The van der Waals surface area contributed by atoms with Crippen molar-refractivity contribution in [2.24, 2.45) is 0 Å². The minimum atomic E-state index is -0.283. The van der Waals surface area contributed by atoms with E-state index in [1.165, 1.54) is 23.9 Å². The zero-order valence-corrected chi connectivity index (χ0v) is 13.3. The third kappa shape index (κ3) is 3.90. The molecule has 1 aromatic heterocycles. The molecule has 3 rings (SSSR count). The van der Waals surface area contributed by atoms with Crippen molar-refractivity contribution in [2.75, 3.05) is 12.8 Å². The number of thioether (sulfide) groups is 1. The monoisotopic (exact) mass is 330 g/mol. The Hall–Kier alpha value is -2.34. The van der Waals surface area contributed by atoms with Crippen LogP contribution in [0, 0.1) is 5.82 Å². The molecule has 0 aliphatic carbocycles. The van der Waals surface area contributed by atoms with Crippen LogP contribution in [0.5, 0.6) is 0 Å². The number of oxazole rings is 1. The number of carbonyl (C=O) groups excluding carboxylic acids is 1. The highest BCUT2D eigenvalue weighted by Crippen LogP contribution is 2.23. The van der Waals surface area contributed by atoms with E-state index >= 15 is 0 Å². The van der Waals surface area contributed by atoms with Crippen LogP contribution in [0.15, 0.2) is 58.2 Å². The zero-order chi connectivity index (χ0) is 16.2. The molecule has 118 valence electrons. The van der Waals surface area contributed by atoms with Crippen molar-refractivity contribution >= 4 is 28.8 Å². The van der Waals surface area contributed by atoms with Gasteiger partial charge in [0.15, 0.2) is 5.58 Å². The van der Waals surface area contributed by atoms with E-state index in [0.717, 1.165) is 11.1 Å². The van der Waals surface area contributed by atoms with Crippen LogP contribution in [0.2, 0.25) is 0 Å². The minimum absolute atomic E-state index is 0.0402. The molecular formula is C17H15FN2O2S. The molecule has 1 heterocycles. The van der Waals surface area contributed by atoms with Crippen LogP contribution >= 0.6 is 11.8 Å². The van der Waals surface area contributed by atoms with Crippen LogP contribution in [0.1, 0.15) is 5.56 Å². The van der Waals surface area contributed by atoms with Gasteiger partial charge in [0.2, 0.25) is 5.91 Å². The first-order chi connectivity index (χ1) is 11.1. The van der Waals surface area contributed by atoms with Crippen LogP contribution in [0.25, 0.3) is 11.1 Å². The summed E-state index contributed by atoms with van der Waals surface area (Å²) in [5.41, 5.74) is 2.37. The fourth-order valence-corrected chi connectivity index (χ4v) is 2.88. The summed E-state index contributed by atoms with van der Waals surface area (Å²) in [6, 6.07) is 13.6. The SMILES string of the molecule is CN(Cc1ccc(F)cc1)C(=O)CSc1nc2ccccc2o1. The van der Waals surface area contributed by atoms with Gasteiger partial charge in [0, 0.05) is 13.6 Å². The Kier molecular flexibility index (Phi) is 4.62. The minimum Gasteiger partial charge on any atom is -0.431 e. The molecule has 0 unspecified atom stereocenters. The Labute approximate surface area is 137 Å². The normalized spacial score (nSPS) is 10.9. The lowest BCUT2D eigenvalue weighted by molar-refractivity contribution is -0.127. The number of aromatic nitrogens is 1. The molecule has 2 aromatic carbocycles. The number of amides is 1. The van der Waals surface area contributed by atoms with Gasteiger partial charge in [-0.1, -0.05) is 36.0 Å². The van der Waals surface area contributed by atoms with E-state index in [1.54, 1.807) is 24.1 Å². The van der Waals surface area contributed by atoms with Gasteiger partial charge in [0.25, 0.3) is 5.22 Å². The average molecular weight is 330 g/mol. The third-order valence-corrected chi connectivity index (χ3v) is 4.16. The van der Waals surface area contributed by atoms with Crippen LogP contribution < -0.4 is 0 Å². The summed E-state index contributed by atoms with van der Waals surface area (Å²) in [4.78, 5) is 18.1. The number of halogens is 1. The highest BCUT2D eigenvalue weighted by molar-refractivity contribution is 7.99. The smallest absolute Gasteiger partial charge is 0.257 e. The highest BCUT2D eigenvalue weighted by Gasteiger charge is 2.13. The van der Waals surface area contributed by atoms with Crippen molar-refractivity contribution < 1.29 is 13.6 Å². The molecule has 0 aliphatic heterocycles. The second kappa shape index (κ2) is 6.83. The number of carbonyl (C=O) groups is 1. The standard InChI is InChI=1S/C17H15FN2O2S/c1-20(10-12-6-8-13(18)9-7-12)16(21)11-23-17-19-14-4-2-3-5-15(14)22-17/h2-9H,10-11H2,1H3. The second-order valence-electron chi connectivity index (χ2n) is 5.11. The Bertz CT molecular complexity index is 784. The highest BCUT2D eigenvalue weighted by atomic mass is 32.2. The Morgan fingerprint density at radius 1 is 1.22 bits per heavy atom. The summed E-state index contributed by atoms with van der Waals surface area (Å²) < 4.78 is 18.4. The van der Waals surface area contributed by atoms with E-state index in [2.05, 4.69) is 4.98 Å². The molecule has 0 N–H and O–H groups in total. The van der Waals surface area contributed by atoms with Gasteiger partial charge in [-0.2, -0.15) is 0 Å². The first-order valence-electron chi connectivity index (χ1n) is 7.08. The van der Waals surface area contributed by atoms with Crippen molar-refractivity contribution in [2.45, 2.75) is 11.8 Å². The molecule has 0 atom stereocenters. The maximum atomic E-state index is 12.9. The summed E-state index contributed by atoms with van der Waals surface area (Å²) in [5.74, 6) is -0.0827. The lowest BCUT2D eigenvalue weighted by Gasteiger charge is -2.16. The number of nitrogens with zero attached hydrogens (tertiary/aromatic N) is 2. The van der Waals surface area contributed by atoms with Gasteiger partial charge in [0.1, 0.15) is 11.3 Å². The Morgan fingerprint density at radius 3 is 2.70 bits per heavy atom. The van der Waals surface area contributed by atoms with E-state index in [4.69, 9.17) is 4.42 Å². The summed E-state index contributed by atoms with van der Waals surface area (Å²) in [6.45, 7) is 0.438. The van der Waals surface area contributed by atoms with Crippen molar-refractivity contribution in [1.29, 1.82) is 0 Å². The molecule has 4 nitrogen and oxygen atoms in total. The predicted molar refractivity (Wildman–Crippen MR) is 87.6 cm³/mol. The van der Waals surface area contributed by atoms with Crippen LogP contribution in [-0.2, 0) is 11.3 Å². The van der Waals surface area contributed by atoms with Gasteiger partial charge < -0.3 is 9.32 Å². The number of fused-ring (bicyclic) bond motifs is 1. The van der Waals surface area contributed by atoms with E-state index in [9.17, 15) is 9.18 Å². The molecular weight excluding hydrogens is 315 g/mol. The van der Waals surface area contributed by atoms with E-state index in [1.807, 2.05) is 24.3 Å². The quantitative estimate of drug-likeness (QED) is 0.669. The van der Waals surface area contributed by atoms with Gasteiger partial charge in [-0.05, 0) is 29.8 Å². The van der Waals surface area contributed by atoms with Crippen LogP contribution in [0.3, 0.4) is 0 Å². The topological polar surface area (TPSA) is 46.3 Å². The largest absolute Gasteiger partial charge is 0.431 e. The second-order valence-corrected chi connectivity index (χ2v) is 6.04. The van der Waals surface area contributed by atoms with E-state index in [0.29, 0.717) is 17.4 Å². The number of benzene rings is 2. The maximum absolute atomic E-state index is 12.9. The summed E-state index contributed by atoms with van der Waals surface area (Å²) in [6.07, 6.45) is 0. The summed E-state index contributed by atoms with van der Waals surface area (Å²) in [7, 11) is 1.72. The fourth-order valence-electron chi connectivity index (χ4n) is 2.10. The van der Waals surface area contributed by atoms with Crippen LogP contribution in [0.4, 0.5) is 4.39 Å². The number of para-hydroxylation sites is 2. The molecule has 3 aromatic rings. The van der Waals surface area contributed by atoms with Gasteiger partial charge in [-0.15, -0.1) is 0 Å². The Balaban J connectivity index is 1.56. The number of hydrogen-bond acceptors (Lipinski definition) is 4. The van der Waals surface area contributed by atoms with Crippen molar-refractivity contribution in [3.8, 4) is 0 Å². The number of hydrogen-bond donors (Lipinski definition) is 0. The van der Waals surface area contributed by atoms with Crippen molar-refractivity contribution in [3.63, 3.8) is 0 Å². The van der Waals surface area contributed by atoms with Crippen molar-refractivity contribution in [1.82, 2.24) is 9.88 Å². The van der Waals surface area contributed by atoms with Gasteiger partial charge in [0.05, 0.1) is 5.75 Å². The molecule has 6 heteroatoms. The summed E-state index contributed by atoms with van der Waals surface area (Å²) >= 11 is 1.27. The summed E-state index contributed by atoms with van der Waals surface area (Å²) in [5, 5.41) is 0.481. The van der Waals surface area contributed by atoms with Crippen molar-refractivity contribution in [3.05, 3.63) is 59.9 Å². The first-order valence-corrected chi connectivity index (χ1v) is 8.07. The molecule has 0 saturated heterocycles. The Morgan fingerprint density at radius 2 is 1.96 bits per heavy atom. The van der Waals surface area contributed by atoms with Gasteiger partial charge in [-0.25, -0.2) is 9.37 Å². The van der Waals surface area contributed by atoms with E-state index < -0.39 is 0 Å². The molecule has 0 saturated carbocycles. The lowest BCUT2D eigenvalue weighted by Crippen LogP contribution is -2.27. The molecule has 0 aliphatic rings. The molecule has 1 amide bonds.